The largest absolute Gasteiger partial charge is 0.353 e. The van der Waals surface area contributed by atoms with Crippen molar-refractivity contribution in [3.63, 3.8) is 0 Å². The maximum absolute atomic E-state index is 13.4. The number of fused-ring (bicyclic) bond motifs is 2. The van der Waals surface area contributed by atoms with Gasteiger partial charge in [0.1, 0.15) is 0 Å². The lowest BCUT2D eigenvalue weighted by molar-refractivity contribution is -0.147. The van der Waals surface area contributed by atoms with Crippen molar-refractivity contribution < 1.29 is 4.79 Å². The molecule has 4 saturated carbocycles. The predicted octanol–water partition coefficient (Wildman–Crippen LogP) is 4.50. The van der Waals surface area contributed by atoms with Crippen LogP contribution in [0.2, 0.25) is 0 Å². The van der Waals surface area contributed by atoms with Gasteiger partial charge in [-0.3, -0.25) is 9.69 Å². The van der Waals surface area contributed by atoms with Crippen LogP contribution in [0, 0.1) is 23.2 Å². The molecule has 2 heterocycles. The average molecular weight is 359 g/mol. The van der Waals surface area contributed by atoms with Crippen molar-refractivity contribution in [2.24, 2.45) is 23.2 Å². The van der Waals surface area contributed by atoms with Gasteiger partial charge in [0.2, 0.25) is 5.91 Å². The normalized spacial score (nSPS) is 47.1. The zero-order valence-electron chi connectivity index (χ0n) is 16.7. The van der Waals surface area contributed by atoms with Gasteiger partial charge in [0.05, 0.1) is 0 Å². The highest BCUT2D eigenvalue weighted by Crippen LogP contribution is 2.60. The highest BCUT2D eigenvalue weighted by Gasteiger charge is 2.55. The summed E-state index contributed by atoms with van der Waals surface area (Å²) >= 11 is 0. The second-order valence-electron chi connectivity index (χ2n) is 10.7. The SMILES string of the molecule is CCCCN1[C@@H]2CCC[C@@H]1CC(NC(=O)C13CC4CC(CC(C4)C1)C3)C2. The minimum atomic E-state index is 0.0310. The summed E-state index contributed by atoms with van der Waals surface area (Å²) in [5.74, 6) is 3.05. The number of amides is 1. The van der Waals surface area contributed by atoms with Crippen LogP contribution < -0.4 is 5.32 Å². The fourth-order valence-corrected chi connectivity index (χ4v) is 8.03. The molecule has 1 amide bonds. The van der Waals surface area contributed by atoms with Gasteiger partial charge in [0.15, 0.2) is 0 Å². The molecule has 0 spiro atoms. The molecule has 2 aliphatic heterocycles. The van der Waals surface area contributed by atoms with E-state index in [0.29, 0.717) is 11.9 Å². The first kappa shape index (κ1) is 17.5. The quantitative estimate of drug-likeness (QED) is 0.784. The van der Waals surface area contributed by atoms with Crippen molar-refractivity contribution in [3.05, 3.63) is 0 Å². The first-order chi connectivity index (χ1) is 12.6. The Morgan fingerprint density at radius 2 is 1.54 bits per heavy atom. The summed E-state index contributed by atoms with van der Waals surface area (Å²) in [5, 5.41) is 3.62. The number of rotatable bonds is 5. The molecule has 3 nitrogen and oxygen atoms in total. The predicted molar refractivity (Wildman–Crippen MR) is 105 cm³/mol. The number of unbranched alkanes of at least 4 members (excludes halogenated alkanes) is 1. The fourth-order valence-electron chi connectivity index (χ4n) is 8.03. The van der Waals surface area contributed by atoms with Gasteiger partial charge < -0.3 is 5.32 Å². The van der Waals surface area contributed by atoms with Crippen LogP contribution in [0.1, 0.15) is 90.4 Å². The molecular formula is C23H38N2O. The first-order valence-electron chi connectivity index (χ1n) is 11.7. The monoisotopic (exact) mass is 358 g/mol. The molecule has 1 N–H and O–H groups in total. The fraction of sp³-hybridized carbons (Fsp3) is 0.957. The van der Waals surface area contributed by atoms with Gasteiger partial charge in [-0.2, -0.15) is 0 Å². The summed E-state index contributed by atoms with van der Waals surface area (Å²) in [4.78, 5) is 16.2. The zero-order chi connectivity index (χ0) is 17.7. The summed E-state index contributed by atoms with van der Waals surface area (Å²) in [6, 6.07) is 1.91. The molecule has 6 aliphatic rings. The number of nitrogens with zero attached hydrogens (tertiary/aromatic N) is 1. The van der Waals surface area contributed by atoms with E-state index in [1.807, 2.05) is 0 Å². The Morgan fingerprint density at radius 3 is 2.08 bits per heavy atom. The van der Waals surface area contributed by atoms with Crippen LogP contribution >= 0.6 is 0 Å². The lowest BCUT2D eigenvalue weighted by atomic mass is 9.49. The van der Waals surface area contributed by atoms with Crippen molar-refractivity contribution in [1.82, 2.24) is 10.2 Å². The zero-order valence-corrected chi connectivity index (χ0v) is 16.7. The molecule has 6 bridgehead atoms. The lowest BCUT2D eigenvalue weighted by Gasteiger charge is -2.56. The van der Waals surface area contributed by atoms with E-state index < -0.39 is 0 Å². The Hall–Kier alpha value is -0.570. The number of hydrogen-bond acceptors (Lipinski definition) is 2. The summed E-state index contributed by atoms with van der Waals surface area (Å²) in [6.07, 6.45) is 17.0. The van der Waals surface area contributed by atoms with E-state index in [-0.39, 0.29) is 5.41 Å². The van der Waals surface area contributed by atoms with Crippen LogP contribution in [0.3, 0.4) is 0 Å². The van der Waals surface area contributed by atoms with Gasteiger partial charge in [-0.1, -0.05) is 19.8 Å². The topological polar surface area (TPSA) is 32.3 Å². The van der Waals surface area contributed by atoms with Crippen molar-refractivity contribution in [2.75, 3.05) is 6.54 Å². The number of carbonyl (C=O) groups is 1. The van der Waals surface area contributed by atoms with E-state index in [1.165, 1.54) is 90.0 Å². The van der Waals surface area contributed by atoms with Gasteiger partial charge in [0.25, 0.3) is 0 Å². The van der Waals surface area contributed by atoms with Crippen LogP contribution in [-0.2, 0) is 4.79 Å². The van der Waals surface area contributed by atoms with Gasteiger partial charge in [-0.15, -0.1) is 0 Å². The summed E-state index contributed by atoms with van der Waals surface area (Å²) in [5.41, 5.74) is 0.0310. The molecule has 0 aromatic rings. The average Bonchev–Trinajstić information content (AvgIpc) is 2.58. The molecule has 4 aliphatic carbocycles. The second-order valence-corrected chi connectivity index (χ2v) is 10.7. The van der Waals surface area contributed by atoms with E-state index in [0.717, 1.165) is 29.8 Å². The van der Waals surface area contributed by atoms with Crippen LogP contribution in [0.15, 0.2) is 0 Å². The van der Waals surface area contributed by atoms with Gasteiger partial charge in [-0.25, -0.2) is 0 Å². The third-order valence-electron chi connectivity index (χ3n) is 8.75. The number of nitrogens with one attached hydrogen (secondary N) is 1. The molecule has 6 rings (SSSR count). The molecule has 0 unspecified atom stereocenters. The summed E-state index contributed by atoms with van der Waals surface area (Å²) in [7, 11) is 0. The van der Waals surface area contributed by atoms with Crippen molar-refractivity contribution in [3.8, 4) is 0 Å². The minimum absolute atomic E-state index is 0.0310. The van der Waals surface area contributed by atoms with Crippen molar-refractivity contribution in [2.45, 2.75) is 109 Å². The second kappa shape index (κ2) is 6.79. The maximum atomic E-state index is 13.4. The Labute approximate surface area is 159 Å². The Morgan fingerprint density at radius 1 is 0.962 bits per heavy atom. The lowest BCUT2D eigenvalue weighted by Crippen LogP contribution is -2.60. The number of hydrogen-bond donors (Lipinski definition) is 1. The molecule has 2 atom stereocenters. The highest BCUT2D eigenvalue weighted by atomic mass is 16.2. The minimum Gasteiger partial charge on any atom is -0.353 e. The van der Waals surface area contributed by atoms with Gasteiger partial charge in [-0.05, 0) is 94.9 Å². The molecule has 3 heteroatoms. The van der Waals surface area contributed by atoms with E-state index in [2.05, 4.69) is 17.1 Å². The third kappa shape index (κ3) is 3.02. The summed E-state index contributed by atoms with van der Waals surface area (Å²) < 4.78 is 0. The third-order valence-corrected chi connectivity index (χ3v) is 8.75. The number of carbonyl (C=O) groups excluding carboxylic acids is 1. The Bertz CT molecular complexity index is 495. The standard InChI is InChI=1S/C23H38N2O/c1-2-3-7-25-20-5-4-6-21(25)12-19(11-20)24-22(26)23-13-16-8-17(14-23)10-18(9-16)15-23/h16-21H,2-15H2,1H3,(H,24,26)/t16?,17?,18?,20-,21-,23?/m1/s1. The Balaban J connectivity index is 1.24. The van der Waals surface area contributed by atoms with Crippen molar-refractivity contribution >= 4 is 5.91 Å². The van der Waals surface area contributed by atoms with E-state index in [4.69, 9.17) is 0 Å². The van der Waals surface area contributed by atoms with Crippen LogP contribution in [0.4, 0.5) is 0 Å². The maximum Gasteiger partial charge on any atom is 0.226 e. The molecular weight excluding hydrogens is 320 g/mol. The number of piperidine rings is 2. The van der Waals surface area contributed by atoms with E-state index in [9.17, 15) is 4.79 Å². The molecule has 2 saturated heterocycles. The summed E-state index contributed by atoms with van der Waals surface area (Å²) in [6.45, 7) is 3.58. The molecule has 0 aromatic heterocycles. The highest BCUT2D eigenvalue weighted by molar-refractivity contribution is 5.83. The molecule has 146 valence electrons. The van der Waals surface area contributed by atoms with Gasteiger partial charge in [0, 0.05) is 23.5 Å². The molecule has 26 heavy (non-hydrogen) atoms. The van der Waals surface area contributed by atoms with E-state index in [1.54, 1.807) is 0 Å². The molecule has 6 fully saturated rings. The van der Waals surface area contributed by atoms with Crippen LogP contribution in [0.25, 0.3) is 0 Å². The molecule has 0 aromatic carbocycles. The first-order valence-corrected chi connectivity index (χ1v) is 11.7. The Kier molecular flexibility index (Phi) is 4.58. The van der Waals surface area contributed by atoms with Crippen LogP contribution in [-0.4, -0.2) is 35.5 Å². The van der Waals surface area contributed by atoms with Gasteiger partial charge >= 0.3 is 0 Å². The molecule has 0 radical (unpaired) electrons. The van der Waals surface area contributed by atoms with E-state index >= 15 is 0 Å². The smallest absolute Gasteiger partial charge is 0.226 e. The van der Waals surface area contributed by atoms with Crippen LogP contribution in [0.5, 0.6) is 0 Å². The van der Waals surface area contributed by atoms with Crippen molar-refractivity contribution in [1.29, 1.82) is 0 Å².